The maximum absolute atomic E-state index is 2.42. The fraction of sp³-hybridized carbons (Fsp3) is 0.0943. The molecule has 8 aromatic rings. The van der Waals surface area contributed by atoms with Crippen LogP contribution in [0, 0.1) is 13.8 Å². The largest absolute Gasteiger partial charge is 0.310 e. The number of rotatable bonds is 8. The molecule has 0 spiro atoms. The fourth-order valence-corrected chi connectivity index (χ4v) is 8.29. The first-order valence-corrected chi connectivity index (χ1v) is 19.2. The van der Waals surface area contributed by atoms with E-state index in [0.29, 0.717) is 0 Å². The molecule has 1 aliphatic carbocycles. The van der Waals surface area contributed by atoms with Crippen LogP contribution in [0.2, 0.25) is 0 Å². The van der Waals surface area contributed by atoms with Crippen LogP contribution in [0.25, 0.3) is 33.4 Å². The third kappa shape index (κ3) is 6.40. The van der Waals surface area contributed by atoms with Gasteiger partial charge in [0, 0.05) is 39.5 Å². The summed E-state index contributed by atoms with van der Waals surface area (Å²) in [6, 6.07) is 70.8. The van der Waals surface area contributed by atoms with Gasteiger partial charge in [-0.1, -0.05) is 135 Å². The lowest BCUT2D eigenvalue weighted by Gasteiger charge is -2.29. The second-order valence-electron chi connectivity index (χ2n) is 15.3. The van der Waals surface area contributed by atoms with Gasteiger partial charge in [-0.3, -0.25) is 0 Å². The Hall–Kier alpha value is -6.64. The molecule has 0 aliphatic heterocycles. The highest BCUT2D eigenvalue weighted by atomic mass is 15.1. The van der Waals surface area contributed by atoms with E-state index in [4.69, 9.17) is 0 Å². The molecule has 0 bridgehead atoms. The summed E-state index contributed by atoms with van der Waals surface area (Å²) >= 11 is 0. The number of para-hydroxylation sites is 1. The molecule has 2 nitrogen and oxygen atoms in total. The Labute approximate surface area is 325 Å². The number of fused-ring (bicyclic) bond motifs is 3. The summed E-state index contributed by atoms with van der Waals surface area (Å²) in [5.74, 6) is 0. The van der Waals surface area contributed by atoms with Gasteiger partial charge in [0.1, 0.15) is 0 Å². The van der Waals surface area contributed by atoms with Crippen molar-refractivity contribution in [3.05, 3.63) is 216 Å². The summed E-state index contributed by atoms with van der Waals surface area (Å²) < 4.78 is 0. The SMILES string of the molecule is Cc1cccc(N(c2cccc(C)c2)c2ccc3c(c2)C(C)(C)c2cc(N(c4ccccc4)c4ccc(-c5ccc(-c6ccccc6)cc5)cc4)ccc2-3)c1. The van der Waals surface area contributed by atoms with E-state index in [9.17, 15) is 0 Å². The lowest BCUT2D eigenvalue weighted by atomic mass is 9.82. The first kappa shape index (κ1) is 34.1. The van der Waals surface area contributed by atoms with E-state index in [0.717, 1.165) is 34.1 Å². The van der Waals surface area contributed by atoms with Crippen LogP contribution in [0.15, 0.2) is 194 Å². The Morgan fingerprint density at radius 1 is 0.309 bits per heavy atom. The predicted molar refractivity (Wildman–Crippen MR) is 234 cm³/mol. The van der Waals surface area contributed by atoms with Crippen molar-refractivity contribution in [2.75, 3.05) is 9.80 Å². The maximum atomic E-state index is 2.42. The molecule has 0 atom stereocenters. The monoisotopic (exact) mass is 708 g/mol. The van der Waals surface area contributed by atoms with Gasteiger partial charge in [-0.15, -0.1) is 0 Å². The summed E-state index contributed by atoms with van der Waals surface area (Å²) in [5, 5.41) is 0. The van der Waals surface area contributed by atoms with Crippen molar-refractivity contribution in [1.29, 1.82) is 0 Å². The van der Waals surface area contributed by atoms with Gasteiger partial charge in [0.25, 0.3) is 0 Å². The molecule has 55 heavy (non-hydrogen) atoms. The van der Waals surface area contributed by atoms with Crippen LogP contribution in [0.5, 0.6) is 0 Å². The standard InChI is InChI=1S/C53H44N2/c1-37-13-11-19-45(33-37)55(46-20-12-14-38(2)34-46)48-30-32-50-49-31-29-47(35-51(49)53(3,4)52(50)36-48)54(43-17-9-6-10-18-43)44-27-25-42(26-28-44)41-23-21-40(22-24-41)39-15-7-5-8-16-39/h5-36H,1-4H3. The molecule has 1 aliphatic rings. The van der Waals surface area contributed by atoms with Crippen molar-refractivity contribution in [1.82, 2.24) is 0 Å². The zero-order valence-corrected chi connectivity index (χ0v) is 31.9. The third-order valence-electron chi connectivity index (χ3n) is 11.1. The number of nitrogens with zero attached hydrogens (tertiary/aromatic N) is 2. The molecule has 8 aromatic carbocycles. The molecular weight excluding hydrogens is 665 g/mol. The van der Waals surface area contributed by atoms with Crippen LogP contribution in [-0.4, -0.2) is 0 Å². The molecule has 0 heterocycles. The van der Waals surface area contributed by atoms with Gasteiger partial charge in [0.05, 0.1) is 0 Å². The van der Waals surface area contributed by atoms with E-state index < -0.39 is 0 Å². The summed E-state index contributed by atoms with van der Waals surface area (Å²) in [6.45, 7) is 9.07. The van der Waals surface area contributed by atoms with E-state index in [2.05, 4.69) is 232 Å². The highest BCUT2D eigenvalue weighted by Crippen LogP contribution is 2.52. The molecule has 2 heteroatoms. The average molecular weight is 709 g/mol. The average Bonchev–Trinajstić information content (AvgIpc) is 3.44. The minimum Gasteiger partial charge on any atom is -0.310 e. The van der Waals surface area contributed by atoms with Gasteiger partial charge in [0.2, 0.25) is 0 Å². The van der Waals surface area contributed by atoms with E-state index in [-0.39, 0.29) is 5.41 Å². The zero-order valence-electron chi connectivity index (χ0n) is 31.9. The fourth-order valence-electron chi connectivity index (χ4n) is 8.29. The second kappa shape index (κ2) is 14.0. The van der Waals surface area contributed by atoms with Crippen LogP contribution in [0.3, 0.4) is 0 Å². The second-order valence-corrected chi connectivity index (χ2v) is 15.3. The van der Waals surface area contributed by atoms with Gasteiger partial charge < -0.3 is 9.80 Å². The molecule has 0 aromatic heterocycles. The Bertz CT molecular complexity index is 2580. The van der Waals surface area contributed by atoms with E-state index >= 15 is 0 Å². The molecular formula is C53H44N2. The van der Waals surface area contributed by atoms with Crippen molar-refractivity contribution in [3.8, 4) is 33.4 Å². The van der Waals surface area contributed by atoms with Crippen molar-refractivity contribution in [2.45, 2.75) is 33.1 Å². The zero-order chi connectivity index (χ0) is 37.5. The molecule has 0 radical (unpaired) electrons. The van der Waals surface area contributed by atoms with Crippen LogP contribution in [0.1, 0.15) is 36.1 Å². The van der Waals surface area contributed by atoms with Gasteiger partial charge >= 0.3 is 0 Å². The van der Waals surface area contributed by atoms with Crippen LogP contribution in [0.4, 0.5) is 34.1 Å². The van der Waals surface area contributed by atoms with Gasteiger partial charge in [0.15, 0.2) is 0 Å². The smallest absolute Gasteiger partial charge is 0.0465 e. The topological polar surface area (TPSA) is 6.48 Å². The number of aryl methyl sites for hydroxylation is 2. The molecule has 0 fully saturated rings. The normalized spacial score (nSPS) is 12.5. The van der Waals surface area contributed by atoms with Crippen molar-refractivity contribution < 1.29 is 0 Å². The number of hydrogen-bond acceptors (Lipinski definition) is 2. The Morgan fingerprint density at radius 3 is 1.13 bits per heavy atom. The minimum absolute atomic E-state index is 0.209. The number of anilines is 6. The maximum Gasteiger partial charge on any atom is 0.0465 e. The number of benzene rings is 8. The highest BCUT2D eigenvalue weighted by molar-refractivity contribution is 5.88. The number of hydrogen-bond donors (Lipinski definition) is 0. The minimum atomic E-state index is -0.209. The van der Waals surface area contributed by atoms with Gasteiger partial charge in [-0.25, -0.2) is 0 Å². The van der Waals surface area contributed by atoms with Crippen LogP contribution < -0.4 is 9.80 Å². The highest BCUT2D eigenvalue weighted by Gasteiger charge is 2.37. The van der Waals surface area contributed by atoms with Gasteiger partial charge in [-0.2, -0.15) is 0 Å². The molecule has 0 saturated heterocycles. The molecule has 9 rings (SSSR count). The molecule has 0 amide bonds. The molecule has 0 saturated carbocycles. The first-order valence-electron chi connectivity index (χ1n) is 19.2. The summed E-state index contributed by atoms with van der Waals surface area (Å²) in [5.41, 5.74) is 19.3. The lowest BCUT2D eigenvalue weighted by molar-refractivity contribution is 0.660. The van der Waals surface area contributed by atoms with Crippen LogP contribution in [-0.2, 0) is 5.41 Å². The van der Waals surface area contributed by atoms with E-state index in [1.54, 1.807) is 0 Å². The molecule has 0 N–H and O–H groups in total. The quantitative estimate of drug-likeness (QED) is 0.155. The lowest BCUT2D eigenvalue weighted by Crippen LogP contribution is -2.17. The summed E-state index contributed by atoms with van der Waals surface area (Å²) in [4.78, 5) is 4.77. The predicted octanol–water partition coefficient (Wildman–Crippen LogP) is 14.9. The first-order chi connectivity index (χ1) is 26.8. The van der Waals surface area contributed by atoms with Crippen molar-refractivity contribution >= 4 is 34.1 Å². The van der Waals surface area contributed by atoms with E-state index in [1.165, 1.54) is 55.6 Å². The third-order valence-corrected chi connectivity index (χ3v) is 11.1. The Morgan fingerprint density at radius 2 is 0.655 bits per heavy atom. The summed E-state index contributed by atoms with van der Waals surface area (Å²) in [7, 11) is 0. The Balaban J connectivity index is 1.08. The molecule has 0 unspecified atom stereocenters. The van der Waals surface area contributed by atoms with Crippen molar-refractivity contribution in [2.24, 2.45) is 0 Å². The van der Waals surface area contributed by atoms with E-state index in [1.807, 2.05) is 0 Å². The van der Waals surface area contributed by atoms with Gasteiger partial charge in [-0.05, 0) is 142 Å². The van der Waals surface area contributed by atoms with Crippen LogP contribution >= 0.6 is 0 Å². The summed E-state index contributed by atoms with van der Waals surface area (Å²) in [6.07, 6.45) is 0. The van der Waals surface area contributed by atoms with Crippen molar-refractivity contribution in [3.63, 3.8) is 0 Å². The molecule has 266 valence electrons. The Kier molecular flexibility index (Phi) is 8.67.